The number of aromatic nitrogens is 3. The molecule has 0 unspecified atom stereocenters. The third-order valence-corrected chi connectivity index (χ3v) is 5.45. The van der Waals surface area contributed by atoms with Gasteiger partial charge in [-0.1, -0.05) is 36.4 Å². The summed E-state index contributed by atoms with van der Waals surface area (Å²) in [6.45, 7) is 2.00. The minimum atomic E-state index is -0.272. The zero-order valence-electron chi connectivity index (χ0n) is 16.1. The number of hydrazone groups is 1. The van der Waals surface area contributed by atoms with Crippen molar-refractivity contribution in [3.63, 3.8) is 0 Å². The topological polar surface area (TPSA) is 75.1 Å². The zero-order chi connectivity index (χ0) is 19.8. The highest BCUT2D eigenvalue weighted by atomic mass is 16.2. The number of rotatable bonds is 4. The molecule has 0 spiro atoms. The standard InChI is InChI=1S/C23H21N5O/c1-15-19(17-10-5-6-12-20(17)25-15)14-24-26-23(29)22-18-11-7-13-21(18)28(27-22)16-8-3-2-4-9-16/h2-6,8-10,12,14,25H,7,11,13H2,1H3,(H,26,29)/b24-14+. The number of hydrogen-bond acceptors (Lipinski definition) is 3. The van der Waals surface area contributed by atoms with Crippen LogP contribution in [0.5, 0.6) is 0 Å². The summed E-state index contributed by atoms with van der Waals surface area (Å²) in [7, 11) is 0. The highest BCUT2D eigenvalue weighted by Gasteiger charge is 2.26. The fourth-order valence-electron chi connectivity index (χ4n) is 4.08. The number of amides is 1. The Morgan fingerprint density at radius 3 is 2.79 bits per heavy atom. The first kappa shape index (κ1) is 17.4. The van der Waals surface area contributed by atoms with E-state index in [1.807, 2.05) is 66.2 Å². The van der Waals surface area contributed by atoms with Gasteiger partial charge in [-0.2, -0.15) is 10.2 Å². The van der Waals surface area contributed by atoms with Gasteiger partial charge in [0, 0.05) is 33.4 Å². The number of fused-ring (bicyclic) bond motifs is 2. The highest BCUT2D eigenvalue weighted by molar-refractivity contribution is 6.01. The molecule has 0 radical (unpaired) electrons. The molecule has 144 valence electrons. The van der Waals surface area contributed by atoms with Gasteiger partial charge in [-0.3, -0.25) is 4.79 Å². The maximum absolute atomic E-state index is 12.8. The summed E-state index contributed by atoms with van der Waals surface area (Å²) >= 11 is 0. The van der Waals surface area contributed by atoms with Crippen molar-refractivity contribution in [3.05, 3.63) is 82.8 Å². The predicted octanol–water partition coefficient (Wildman–Crippen LogP) is 3.91. The molecule has 2 aromatic heterocycles. The lowest BCUT2D eigenvalue weighted by Crippen LogP contribution is -2.20. The van der Waals surface area contributed by atoms with Gasteiger partial charge in [-0.25, -0.2) is 10.1 Å². The Bertz CT molecular complexity index is 1230. The van der Waals surface area contributed by atoms with Crippen LogP contribution in [0.3, 0.4) is 0 Å². The highest BCUT2D eigenvalue weighted by Crippen LogP contribution is 2.27. The lowest BCUT2D eigenvalue weighted by atomic mass is 10.1. The largest absolute Gasteiger partial charge is 0.358 e. The van der Waals surface area contributed by atoms with Crippen molar-refractivity contribution in [2.45, 2.75) is 26.2 Å². The molecule has 0 atom stereocenters. The lowest BCUT2D eigenvalue weighted by Gasteiger charge is -2.04. The Labute approximate surface area is 168 Å². The van der Waals surface area contributed by atoms with E-state index in [9.17, 15) is 4.79 Å². The number of benzene rings is 2. The molecule has 0 saturated carbocycles. The van der Waals surface area contributed by atoms with E-state index in [1.54, 1.807) is 6.21 Å². The number of hydrogen-bond donors (Lipinski definition) is 2. The second kappa shape index (κ2) is 7.05. The average molecular weight is 383 g/mol. The minimum Gasteiger partial charge on any atom is -0.358 e. The number of nitrogens with zero attached hydrogens (tertiary/aromatic N) is 3. The molecule has 1 aliphatic rings. The quantitative estimate of drug-likeness (QED) is 0.414. The number of aromatic amines is 1. The first-order chi connectivity index (χ1) is 14.2. The van der Waals surface area contributed by atoms with E-state index >= 15 is 0 Å². The van der Waals surface area contributed by atoms with E-state index in [0.717, 1.165) is 58.4 Å². The van der Waals surface area contributed by atoms with Gasteiger partial charge in [-0.15, -0.1) is 0 Å². The first-order valence-corrected chi connectivity index (χ1v) is 9.79. The minimum absolute atomic E-state index is 0.272. The smallest absolute Gasteiger partial charge is 0.292 e. The predicted molar refractivity (Wildman–Crippen MR) is 114 cm³/mol. The van der Waals surface area contributed by atoms with Crippen LogP contribution in [0.15, 0.2) is 59.7 Å². The summed E-state index contributed by atoms with van der Waals surface area (Å²) in [4.78, 5) is 16.2. The van der Waals surface area contributed by atoms with Crippen LogP contribution in [0.25, 0.3) is 16.6 Å². The summed E-state index contributed by atoms with van der Waals surface area (Å²) in [6, 6.07) is 18.0. The number of aryl methyl sites for hydroxylation is 1. The van der Waals surface area contributed by atoms with Crippen LogP contribution in [0.2, 0.25) is 0 Å². The maximum atomic E-state index is 12.8. The molecule has 6 heteroatoms. The van der Waals surface area contributed by atoms with Crippen molar-refractivity contribution in [2.75, 3.05) is 0 Å². The van der Waals surface area contributed by atoms with Gasteiger partial charge >= 0.3 is 0 Å². The van der Waals surface area contributed by atoms with Gasteiger partial charge in [0.2, 0.25) is 0 Å². The van der Waals surface area contributed by atoms with Gasteiger partial charge in [0.1, 0.15) is 0 Å². The Kier molecular flexibility index (Phi) is 4.24. The summed E-state index contributed by atoms with van der Waals surface area (Å²) in [5.41, 5.74) is 9.30. The molecule has 5 rings (SSSR count). The summed E-state index contributed by atoms with van der Waals surface area (Å²) in [5, 5.41) is 9.91. The molecule has 1 aliphatic carbocycles. The molecule has 29 heavy (non-hydrogen) atoms. The van der Waals surface area contributed by atoms with Crippen molar-refractivity contribution in [3.8, 4) is 5.69 Å². The SMILES string of the molecule is Cc1[nH]c2ccccc2c1/C=N/NC(=O)c1nn(-c2ccccc2)c2c1CCC2. The summed E-state index contributed by atoms with van der Waals surface area (Å²) < 4.78 is 1.89. The number of para-hydroxylation sites is 2. The fraction of sp³-hybridized carbons (Fsp3) is 0.174. The Morgan fingerprint density at radius 2 is 1.93 bits per heavy atom. The average Bonchev–Trinajstić information content (AvgIpc) is 3.42. The van der Waals surface area contributed by atoms with Crippen molar-refractivity contribution in [2.24, 2.45) is 5.10 Å². The summed E-state index contributed by atoms with van der Waals surface area (Å²) in [6.07, 6.45) is 4.54. The first-order valence-electron chi connectivity index (χ1n) is 9.79. The molecule has 0 aliphatic heterocycles. The lowest BCUT2D eigenvalue weighted by molar-refractivity contribution is 0.0949. The van der Waals surface area contributed by atoms with Gasteiger partial charge in [0.15, 0.2) is 5.69 Å². The zero-order valence-corrected chi connectivity index (χ0v) is 16.1. The van der Waals surface area contributed by atoms with E-state index < -0.39 is 0 Å². The number of carbonyl (C=O) groups excluding carboxylic acids is 1. The van der Waals surface area contributed by atoms with Gasteiger partial charge < -0.3 is 4.98 Å². The fourth-order valence-corrected chi connectivity index (χ4v) is 4.08. The van der Waals surface area contributed by atoms with Crippen LogP contribution in [0.1, 0.15) is 39.4 Å². The summed E-state index contributed by atoms with van der Waals surface area (Å²) in [5.74, 6) is -0.272. The third kappa shape index (κ3) is 3.02. The van der Waals surface area contributed by atoms with Crippen LogP contribution in [-0.4, -0.2) is 26.9 Å². The van der Waals surface area contributed by atoms with Crippen molar-refractivity contribution in [1.82, 2.24) is 20.2 Å². The molecule has 1 amide bonds. The Balaban J connectivity index is 1.42. The van der Waals surface area contributed by atoms with Crippen LogP contribution in [0, 0.1) is 6.92 Å². The number of H-pyrrole nitrogens is 1. The second-order valence-corrected chi connectivity index (χ2v) is 7.28. The molecule has 2 aromatic carbocycles. The number of carbonyl (C=O) groups is 1. The van der Waals surface area contributed by atoms with E-state index in [2.05, 4.69) is 20.6 Å². The molecule has 4 aromatic rings. The Morgan fingerprint density at radius 1 is 1.14 bits per heavy atom. The van der Waals surface area contributed by atoms with Crippen molar-refractivity contribution >= 4 is 23.0 Å². The molecule has 0 saturated heterocycles. The van der Waals surface area contributed by atoms with Gasteiger partial charge in [-0.05, 0) is 44.4 Å². The van der Waals surface area contributed by atoms with Crippen LogP contribution >= 0.6 is 0 Å². The number of nitrogens with one attached hydrogen (secondary N) is 2. The molecular formula is C23H21N5O. The third-order valence-electron chi connectivity index (χ3n) is 5.45. The maximum Gasteiger partial charge on any atom is 0.292 e. The van der Waals surface area contributed by atoms with E-state index in [1.165, 1.54) is 0 Å². The Hall–Kier alpha value is -3.67. The molecular weight excluding hydrogens is 362 g/mol. The molecule has 2 N–H and O–H groups in total. The van der Waals surface area contributed by atoms with Gasteiger partial charge in [0.05, 0.1) is 11.9 Å². The van der Waals surface area contributed by atoms with Crippen LogP contribution < -0.4 is 5.43 Å². The molecule has 0 bridgehead atoms. The van der Waals surface area contributed by atoms with Crippen molar-refractivity contribution in [1.29, 1.82) is 0 Å². The van der Waals surface area contributed by atoms with E-state index in [4.69, 9.17) is 0 Å². The molecule has 0 fully saturated rings. The second-order valence-electron chi connectivity index (χ2n) is 7.28. The van der Waals surface area contributed by atoms with E-state index in [-0.39, 0.29) is 5.91 Å². The monoisotopic (exact) mass is 383 g/mol. The van der Waals surface area contributed by atoms with E-state index in [0.29, 0.717) is 5.69 Å². The van der Waals surface area contributed by atoms with Crippen LogP contribution in [0.4, 0.5) is 0 Å². The van der Waals surface area contributed by atoms with Crippen LogP contribution in [-0.2, 0) is 12.8 Å². The molecule has 6 nitrogen and oxygen atoms in total. The normalized spacial score (nSPS) is 13.3. The van der Waals surface area contributed by atoms with Crippen molar-refractivity contribution < 1.29 is 4.79 Å². The molecule has 2 heterocycles. The van der Waals surface area contributed by atoms with Gasteiger partial charge in [0.25, 0.3) is 5.91 Å².